The van der Waals surface area contributed by atoms with Crippen molar-refractivity contribution >= 4 is 10.0 Å². The molecule has 5 heteroatoms. The van der Waals surface area contributed by atoms with Crippen molar-refractivity contribution in [2.75, 3.05) is 6.54 Å². The molecule has 0 aliphatic carbocycles. The van der Waals surface area contributed by atoms with Crippen LogP contribution < -0.4 is 10.5 Å². The fraction of sp³-hybridized carbons (Fsp3) is 0.571. The molecule has 1 rings (SSSR count). The third kappa shape index (κ3) is 5.72. The lowest BCUT2D eigenvalue weighted by molar-refractivity contribution is 0.576. The van der Waals surface area contributed by atoms with Gasteiger partial charge < -0.3 is 5.73 Å². The number of sulfonamides is 1. The Bertz CT molecular complexity index is 467. The van der Waals surface area contributed by atoms with Crippen LogP contribution in [0.3, 0.4) is 0 Å². The Labute approximate surface area is 116 Å². The summed E-state index contributed by atoms with van der Waals surface area (Å²) >= 11 is 0. The van der Waals surface area contributed by atoms with Gasteiger partial charge in [0.05, 0.1) is 4.90 Å². The maximum Gasteiger partial charge on any atom is 0.240 e. The van der Waals surface area contributed by atoms with Gasteiger partial charge in [0, 0.05) is 12.6 Å². The molecule has 0 saturated carbocycles. The molecule has 0 aliphatic rings. The Morgan fingerprint density at radius 3 is 2.37 bits per heavy atom. The summed E-state index contributed by atoms with van der Waals surface area (Å²) in [6, 6.07) is 7.00. The van der Waals surface area contributed by atoms with Crippen LogP contribution in [0.15, 0.2) is 29.2 Å². The van der Waals surface area contributed by atoms with Crippen LogP contribution in [0, 0.1) is 0 Å². The Balaban J connectivity index is 2.63. The summed E-state index contributed by atoms with van der Waals surface area (Å²) < 4.78 is 26.6. The van der Waals surface area contributed by atoms with Crippen LogP contribution in [0.1, 0.15) is 38.7 Å². The van der Waals surface area contributed by atoms with E-state index in [1.54, 1.807) is 12.1 Å². The zero-order chi connectivity index (χ0) is 14.3. The molecule has 1 aromatic carbocycles. The van der Waals surface area contributed by atoms with Gasteiger partial charge in [0.1, 0.15) is 0 Å². The van der Waals surface area contributed by atoms with Crippen LogP contribution in [0.5, 0.6) is 0 Å². The van der Waals surface area contributed by atoms with Gasteiger partial charge >= 0.3 is 0 Å². The molecule has 0 aromatic heterocycles. The minimum absolute atomic E-state index is 0.0784. The number of benzene rings is 1. The van der Waals surface area contributed by atoms with Gasteiger partial charge in [-0.1, -0.05) is 31.9 Å². The SMILES string of the molecule is CCCCCNS(=O)(=O)c1ccc(CC(C)N)cc1. The second-order valence-corrected chi connectivity index (χ2v) is 6.70. The molecule has 0 saturated heterocycles. The number of rotatable bonds is 8. The van der Waals surface area contributed by atoms with Crippen LogP contribution in [-0.2, 0) is 16.4 Å². The molecule has 1 atom stereocenters. The molecule has 19 heavy (non-hydrogen) atoms. The molecule has 0 radical (unpaired) electrons. The first-order valence-corrected chi connectivity index (χ1v) is 8.28. The molecule has 3 N–H and O–H groups in total. The van der Waals surface area contributed by atoms with Crippen molar-refractivity contribution in [1.29, 1.82) is 0 Å². The summed E-state index contributed by atoms with van der Waals surface area (Å²) in [5.41, 5.74) is 6.77. The molecule has 108 valence electrons. The summed E-state index contributed by atoms with van der Waals surface area (Å²) in [5.74, 6) is 0. The number of hydrogen-bond acceptors (Lipinski definition) is 3. The first-order valence-electron chi connectivity index (χ1n) is 6.80. The number of unbranched alkanes of at least 4 members (excludes halogenated alkanes) is 2. The van der Waals surface area contributed by atoms with E-state index in [0.717, 1.165) is 31.2 Å². The predicted molar refractivity (Wildman–Crippen MR) is 78.5 cm³/mol. The van der Waals surface area contributed by atoms with Crippen LogP contribution in [0.4, 0.5) is 0 Å². The summed E-state index contributed by atoms with van der Waals surface area (Å²) in [6.45, 7) is 4.52. The van der Waals surface area contributed by atoms with Crippen LogP contribution >= 0.6 is 0 Å². The smallest absolute Gasteiger partial charge is 0.240 e. The van der Waals surface area contributed by atoms with Crippen molar-refractivity contribution in [2.24, 2.45) is 5.73 Å². The summed E-state index contributed by atoms with van der Waals surface area (Å²) in [7, 11) is -3.37. The molecular formula is C14H24N2O2S. The standard InChI is InChI=1S/C14H24N2O2S/c1-3-4-5-10-16-19(17,18)14-8-6-13(7-9-14)11-12(2)15/h6-9,12,16H,3-5,10-11,15H2,1-2H3. The van der Waals surface area contributed by atoms with Crippen molar-refractivity contribution in [2.45, 2.75) is 50.5 Å². The summed E-state index contributed by atoms with van der Waals surface area (Å²) in [4.78, 5) is 0.317. The lowest BCUT2D eigenvalue weighted by atomic mass is 10.1. The molecule has 1 aromatic rings. The van der Waals surface area contributed by atoms with Crippen LogP contribution in [0.2, 0.25) is 0 Å². The van der Waals surface area contributed by atoms with Gasteiger partial charge in [-0.25, -0.2) is 13.1 Å². The molecule has 0 amide bonds. The zero-order valence-corrected chi connectivity index (χ0v) is 12.5. The summed E-state index contributed by atoms with van der Waals surface area (Å²) in [6.07, 6.45) is 3.74. The van der Waals surface area contributed by atoms with Gasteiger partial charge in [0.15, 0.2) is 0 Å². The zero-order valence-electron chi connectivity index (χ0n) is 11.7. The van der Waals surface area contributed by atoms with Gasteiger partial charge in [-0.05, 0) is 37.5 Å². The maximum absolute atomic E-state index is 12.0. The lowest BCUT2D eigenvalue weighted by Crippen LogP contribution is -2.24. The molecule has 0 bridgehead atoms. The molecule has 4 nitrogen and oxygen atoms in total. The highest BCUT2D eigenvalue weighted by molar-refractivity contribution is 7.89. The van der Waals surface area contributed by atoms with Crippen molar-refractivity contribution in [3.63, 3.8) is 0 Å². The van der Waals surface area contributed by atoms with E-state index < -0.39 is 10.0 Å². The largest absolute Gasteiger partial charge is 0.328 e. The average molecular weight is 284 g/mol. The molecule has 0 aliphatic heterocycles. The Morgan fingerprint density at radius 1 is 1.21 bits per heavy atom. The first kappa shape index (κ1) is 16.1. The highest BCUT2D eigenvalue weighted by Crippen LogP contribution is 2.11. The maximum atomic E-state index is 12.0. The lowest BCUT2D eigenvalue weighted by Gasteiger charge is -2.08. The van der Waals surface area contributed by atoms with E-state index in [0.29, 0.717) is 11.4 Å². The minimum atomic E-state index is -3.37. The second-order valence-electron chi connectivity index (χ2n) is 4.93. The quantitative estimate of drug-likeness (QED) is 0.718. The molecule has 0 fully saturated rings. The Hall–Kier alpha value is -0.910. The van der Waals surface area contributed by atoms with Gasteiger partial charge in [-0.3, -0.25) is 0 Å². The van der Waals surface area contributed by atoms with E-state index in [-0.39, 0.29) is 6.04 Å². The molecule has 0 spiro atoms. The minimum Gasteiger partial charge on any atom is -0.328 e. The van der Waals surface area contributed by atoms with Crippen LogP contribution in [-0.4, -0.2) is 21.0 Å². The fourth-order valence-corrected chi connectivity index (χ4v) is 2.92. The number of nitrogens with one attached hydrogen (secondary N) is 1. The third-order valence-corrected chi connectivity index (χ3v) is 4.34. The topological polar surface area (TPSA) is 72.2 Å². The van der Waals surface area contributed by atoms with Crippen molar-refractivity contribution in [3.8, 4) is 0 Å². The first-order chi connectivity index (χ1) is 8.95. The van der Waals surface area contributed by atoms with Gasteiger partial charge in [0.25, 0.3) is 0 Å². The van der Waals surface area contributed by atoms with Gasteiger partial charge in [0.2, 0.25) is 10.0 Å². The highest BCUT2D eigenvalue weighted by atomic mass is 32.2. The van der Waals surface area contributed by atoms with Gasteiger partial charge in [-0.15, -0.1) is 0 Å². The van der Waals surface area contributed by atoms with E-state index in [9.17, 15) is 8.42 Å². The van der Waals surface area contributed by atoms with E-state index in [1.165, 1.54) is 0 Å². The van der Waals surface area contributed by atoms with E-state index in [2.05, 4.69) is 11.6 Å². The van der Waals surface area contributed by atoms with Crippen LogP contribution in [0.25, 0.3) is 0 Å². The van der Waals surface area contributed by atoms with Crippen molar-refractivity contribution < 1.29 is 8.42 Å². The Kier molecular flexibility index (Phi) is 6.48. The molecule has 1 unspecified atom stereocenters. The predicted octanol–water partition coefficient (Wildman–Crippen LogP) is 2.04. The highest BCUT2D eigenvalue weighted by Gasteiger charge is 2.12. The molecule has 0 heterocycles. The number of nitrogens with two attached hydrogens (primary N) is 1. The molecular weight excluding hydrogens is 260 g/mol. The normalized spacial score (nSPS) is 13.4. The van der Waals surface area contributed by atoms with E-state index in [4.69, 9.17) is 5.73 Å². The van der Waals surface area contributed by atoms with Crippen molar-refractivity contribution in [1.82, 2.24) is 4.72 Å². The van der Waals surface area contributed by atoms with Gasteiger partial charge in [-0.2, -0.15) is 0 Å². The third-order valence-electron chi connectivity index (χ3n) is 2.86. The fourth-order valence-electron chi connectivity index (χ4n) is 1.84. The Morgan fingerprint density at radius 2 is 1.84 bits per heavy atom. The van der Waals surface area contributed by atoms with E-state index >= 15 is 0 Å². The van der Waals surface area contributed by atoms with Crippen molar-refractivity contribution in [3.05, 3.63) is 29.8 Å². The monoisotopic (exact) mass is 284 g/mol. The average Bonchev–Trinajstić information content (AvgIpc) is 2.35. The summed E-state index contributed by atoms with van der Waals surface area (Å²) in [5, 5.41) is 0. The number of hydrogen-bond donors (Lipinski definition) is 2. The van der Waals surface area contributed by atoms with E-state index in [1.807, 2.05) is 19.1 Å². The second kappa shape index (κ2) is 7.62.